The first-order valence-electron chi connectivity index (χ1n) is 4.40. The number of anilines is 1. The molecule has 0 saturated carbocycles. The van der Waals surface area contributed by atoms with E-state index in [4.69, 9.17) is 5.26 Å². The lowest BCUT2D eigenvalue weighted by molar-refractivity contribution is -0.137. The summed E-state index contributed by atoms with van der Waals surface area (Å²) in [5.41, 5.74) is -2.04. The van der Waals surface area contributed by atoms with E-state index in [9.17, 15) is 26.0 Å². The third kappa shape index (κ3) is 3.59. The van der Waals surface area contributed by atoms with Crippen LogP contribution < -0.4 is 4.72 Å². The predicted molar refractivity (Wildman–Crippen MR) is 54.4 cm³/mol. The van der Waals surface area contributed by atoms with Crippen molar-refractivity contribution in [3.8, 4) is 6.07 Å². The van der Waals surface area contributed by atoms with Gasteiger partial charge in [-0.25, -0.2) is 12.8 Å². The number of nitriles is 1. The Labute approximate surface area is 99.9 Å². The van der Waals surface area contributed by atoms with E-state index < -0.39 is 39.0 Å². The van der Waals surface area contributed by atoms with Crippen molar-refractivity contribution in [1.29, 1.82) is 5.26 Å². The zero-order valence-electron chi connectivity index (χ0n) is 8.62. The lowest BCUT2D eigenvalue weighted by Gasteiger charge is -2.10. The number of hydrogen-bond donors (Lipinski definition) is 1. The van der Waals surface area contributed by atoms with E-state index in [1.807, 2.05) is 0 Å². The smallest absolute Gasteiger partial charge is 0.280 e. The first-order valence-corrected chi connectivity index (χ1v) is 6.05. The summed E-state index contributed by atoms with van der Waals surface area (Å²) < 4.78 is 74.0. The Balaban J connectivity index is 3.15. The van der Waals surface area contributed by atoms with Crippen molar-refractivity contribution in [2.75, 3.05) is 10.5 Å². The standard InChI is InChI=1S/C9H6F4N2O2S/c10-7-2-1-6(9(11,12)13)5-8(7)15-18(16,17)4-3-14/h1-2,5,15H,4H2. The van der Waals surface area contributed by atoms with Crippen LogP contribution in [0.3, 0.4) is 0 Å². The van der Waals surface area contributed by atoms with Gasteiger partial charge in [0.05, 0.1) is 17.3 Å². The fourth-order valence-electron chi connectivity index (χ4n) is 1.07. The molecule has 0 heterocycles. The number of alkyl halides is 3. The lowest BCUT2D eigenvalue weighted by atomic mass is 10.2. The molecule has 0 aliphatic heterocycles. The van der Waals surface area contributed by atoms with Crippen LogP contribution in [-0.2, 0) is 16.2 Å². The highest BCUT2D eigenvalue weighted by molar-refractivity contribution is 7.92. The van der Waals surface area contributed by atoms with Gasteiger partial charge in [0.1, 0.15) is 5.82 Å². The van der Waals surface area contributed by atoms with Crippen molar-refractivity contribution < 1.29 is 26.0 Å². The highest BCUT2D eigenvalue weighted by Gasteiger charge is 2.31. The number of halogens is 4. The van der Waals surface area contributed by atoms with Crippen LogP contribution in [0.15, 0.2) is 18.2 Å². The molecule has 0 bridgehead atoms. The highest BCUT2D eigenvalue weighted by atomic mass is 32.2. The van der Waals surface area contributed by atoms with Crippen molar-refractivity contribution in [3.05, 3.63) is 29.6 Å². The Morgan fingerprint density at radius 3 is 2.44 bits per heavy atom. The third-order valence-electron chi connectivity index (χ3n) is 1.81. The molecule has 1 rings (SSSR count). The van der Waals surface area contributed by atoms with Crippen LogP contribution >= 0.6 is 0 Å². The molecule has 0 saturated heterocycles. The van der Waals surface area contributed by atoms with E-state index in [0.717, 1.165) is 0 Å². The van der Waals surface area contributed by atoms with Gasteiger partial charge in [0, 0.05) is 0 Å². The molecular formula is C9H6F4N2O2S. The molecule has 0 spiro atoms. The minimum atomic E-state index is -4.72. The quantitative estimate of drug-likeness (QED) is 0.863. The van der Waals surface area contributed by atoms with E-state index in [2.05, 4.69) is 0 Å². The molecule has 1 N–H and O–H groups in total. The molecule has 1 aromatic carbocycles. The molecule has 4 nitrogen and oxygen atoms in total. The predicted octanol–water partition coefficient (Wildman–Crippen LogP) is 2.11. The second-order valence-electron chi connectivity index (χ2n) is 3.21. The Morgan fingerprint density at radius 1 is 1.33 bits per heavy atom. The van der Waals surface area contributed by atoms with E-state index in [1.54, 1.807) is 4.72 Å². The molecular weight excluding hydrogens is 276 g/mol. The van der Waals surface area contributed by atoms with Gasteiger partial charge in [0.2, 0.25) is 10.0 Å². The maximum atomic E-state index is 13.2. The largest absolute Gasteiger partial charge is 0.416 e. The maximum absolute atomic E-state index is 13.2. The second-order valence-corrected chi connectivity index (χ2v) is 4.93. The summed E-state index contributed by atoms with van der Waals surface area (Å²) in [5, 5.41) is 8.19. The molecule has 0 aromatic heterocycles. The van der Waals surface area contributed by atoms with Gasteiger partial charge in [-0.3, -0.25) is 4.72 Å². The molecule has 0 unspecified atom stereocenters. The van der Waals surface area contributed by atoms with Crippen LogP contribution in [0.2, 0.25) is 0 Å². The zero-order chi connectivity index (χ0) is 14.0. The Kier molecular flexibility index (Phi) is 3.81. The summed E-state index contributed by atoms with van der Waals surface area (Å²) in [7, 11) is -4.19. The van der Waals surface area contributed by atoms with E-state index in [-0.39, 0.29) is 0 Å². The van der Waals surface area contributed by atoms with Crippen LogP contribution in [0.5, 0.6) is 0 Å². The van der Waals surface area contributed by atoms with Gasteiger partial charge in [-0.15, -0.1) is 0 Å². The summed E-state index contributed by atoms with van der Waals surface area (Å²) >= 11 is 0. The van der Waals surface area contributed by atoms with Gasteiger partial charge >= 0.3 is 6.18 Å². The van der Waals surface area contributed by atoms with Crippen molar-refractivity contribution in [1.82, 2.24) is 0 Å². The van der Waals surface area contributed by atoms with Gasteiger partial charge in [-0.05, 0) is 18.2 Å². The Morgan fingerprint density at radius 2 is 1.94 bits per heavy atom. The SMILES string of the molecule is N#CCS(=O)(=O)Nc1cc(C(F)(F)F)ccc1F. The molecule has 18 heavy (non-hydrogen) atoms. The molecule has 98 valence electrons. The summed E-state index contributed by atoms with van der Waals surface area (Å²) in [5.74, 6) is -2.15. The summed E-state index contributed by atoms with van der Waals surface area (Å²) in [4.78, 5) is 0. The molecule has 9 heteroatoms. The van der Waals surface area contributed by atoms with E-state index >= 15 is 0 Å². The third-order valence-corrected chi connectivity index (χ3v) is 2.85. The van der Waals surface area contributed by atoms with Crippen LogP contribution in [0, 0.1) is 17.1 Å². The van der Waals surface area contributed by atoms with Crippen molar-refractivity contribution in [2.24, 2.45) is 0 Å². The van der Waals surface area contributed by atoms with Crippen LogP contribution in [0.4, 0.5) is 23.2 Å². The number of rotatable bonds is 3. The Hall–Kier alpha value is -1.82. The first-order chi connectivity index (χ1) is 8.15. The van der Waals surface area contributed by atoms with Gasteiger partial charge < -0.3 is 0 Å². The van der Waals surface area contributed by atoms with Crippen LogP contribution in [0.1, 0.15) is 5.56 Å². The first kappa shape index (κ1) is 14.2. The minimum absolute atomic E-state index is 0.324. The van der Waals surface area contributed by atoms with Crippen molar-refractivity contribution in [3.63, 3.8) is 0 Å². The van der Waals surface area contributed by atoms with E-state index in [0.29, 0.717) is 18.2 Å². The number of nitrogens with zero attached hydrogens (tertiary/aromatic N) is 1. The Bertz CT molecular complexity index is 590. The minimum Gasteiger partial charge on any atom is -0.280 e. The van der Waals surface area contributed by atoms with Crippen molar-refractivity contribution >= 4 is 15.7 Å². The molecule has 0 atom stereocenters. The average Bonchev–Trinajstić information content (AvgIpc) is 2.19. The monoisotopic (exact) mass is 282 g/mol. The molecule has 1 aromatic rings. The fourth-order valence-corrected chi connectivity index (χ4v) is 1.80. The number of hydrogen-bond acceptors (Lipinski definition) is 3. The summed E-state index contributed by atoms with van der Waals surface area (Å²) in [6, 6.07) is 2.60. The summed E-state index contributed by atoms with van der Waals surface area (Å²) in [6.07, 6.45) is -4.72. The summed E-state index contributed by atoms with van der Waals surface area (Å²) in [6.45, 7) is 0. The maximum Gasteiger partial charge on any atom is 0.416 e. The number of sulfonamides is 1. The molecule has 0 radical (unpaired) electrons. The molecule has 0 aliphatic rings. The highest BCUT2D eigenvalue weighted by Crippen LogP contribution is 2.32. The van der Waals surface area contributed by atoms with Gasteiger partial charge in [0.15, 0.2) is 5.75 Å². The zero-order valence-corrected chi connectivity index (χ0v) is 9.44. The topological polar surface area (TPSA) is 70.0 Å². The fraction of sp³-hybridized carbons (Fsp3) is 0.222. The average molecular weight is 282 g/mol. The van der Waals surface area contributed by atoms with Crippen molar-refractivity contribution in [2.45, 2.75) is 6.18 Å². The number of nitrogens with one attached hydrogen (secondary N) is 1. The van der Waals surface area contributed by atoms with E-state index in [1.165, 1.54) is 6.07 Å². The van der Waals surface area contributed by atoms with Crippen LogP contribution in [-0.4, -0.2) is 14.2 Å². The lowest BCUT2D eigenvalue weighted by Crippen LogP contribution is -2.17. The van der Waals surface area contributed by atoms with Gasteiger partial charge in [0.25, 0.3) is 0 Å². The number of benzene rings is 1. The van der Waals surface area contributed by atoms with Crippen LogP contribution in [0.25, 0.3) is 0 Å². The molecule has 0 fully saturated rings. The van der Waals surface area contributed by atoms with Gasteiger partial charge in [-0.1, -0.05) is 0 Å². The molecule has 0 aliphatic carbocycles. The molecule has 0 amide bonds. The second kappa shape index (κ2) is 4.81. The van der Waals surface area contributed by atoms with Gasteiger partial charge in [-0.2, -0.15) is 18.4 Å². The normalized spacial score (nSPS) is 11.9.